The van der Waals surface area contributed by atoms with Crippen LogP contribution in [0.1, 0.15) is 9.67 Å². The van der Waals surface area contributed by atoms with E-state index in [-0.39, 0.29) is 4.90 Å². The summed E-state index contributed by atoms with van der Waals surface area (Å²) < 4.78 is 27.2. The molecule has 5 nitrogen and oxygen atoms in total. The van der Waals surface area contributed by atoms with Crippen LogP contribution in [0.3, 0.4) is 0 Å². The minimum absolute atomic E-state index is 0.224. The summed E-state index contributed by atoms with van der Waals surface area (Å²) in [4.78, 5) is 18.3. The molecular formula is C20H15ClN2O3S3. The van der Waals surface area contributed by atoms with E-state index in [1.165, 1.54) is 22.7 Å². The molecule has 2 heterocycles. The fourth-order valence-corrected chi connectivity index (χ4v) is 6.16. The van der Waals surface area contributed by atoms with Gasteiger partial charge in [0.2, 0.25) is 0 Å². The molecule has 1 amide bonds. The third-order valence-electron chi connectivity index (χ3n) is 4.32. The van der Waals surface area contributed by atoms with Crippen molar-refractivity contribution < 1.29 is 13.2 Å². The molecule has 0 atom stereocenters. The fraction of sp³-hybridized carbons (Fsp3) is 0.100. The number of aromatic nitrogens is 1. The van der Waals surface area contributed by atoms with Gasteiger partial charge >= 0.3 is 0 Å². The quantitative estimate of drug-likeness (QED) is 0.405. The van der Waals surface area contributed by atoms with Crippen molar-refractivity contribution >= 4 is 70.3 Å². The summed E-state index contributed by atoms with van der Waals surface area (Å²) in [6.45, 7) is 4.20. The van der Waals surface area contributed by atoms with E-state index in [1.54, 1.807) is 24.3 Å². The second-order valence-corrected chi connectivity index (χ2v) is 10.8. The number of nitrogens with zero attached hydrogens (tertiary/aromatic N) is 2. The Morgan fingerprint density at radius 2 is 1.97 bits per heavy atom. The number of thiophene rings is 1. The van der Waals surface area contributed by atoms with Crippen LogP contribution in [-0.4, -0.2) is 25.1 Å². The first-order chi connectivity index (χ1) is 13.8. The second kappa shape index (κ2) is 7.53. The minimum Gasteiger partial charge on any atom is -0.312 e. The minimum atomic E-state index is -3.33. The topological polar surface area (TPSA) is 68.5 Å². The van der Waals surface area contributed by atoms with Crippen LogP contribution in [0, 0.1) is 0 Å². The molecule has 0 radical (unpaired) electrons. The number of amides is 1. The van der Waals surface area contributed by atoms with Gasteiger partial charge in [-0.25, -0.2) is 8.42 Å². The summed E-state index contributed by atoms with van der Waals surface area (Å²) in [5.74, 6) is -0.427. The number of sulfone groups is 1. The summed E-state index contributed by atoms with van der Waals surface area (Å²) in [7, 11) is -3.33. The van der Waals surface area contributed by atoms with Crippen molar-refractivity contribution in [3.05, 3.63) is 69.8 Å². The number of rotatable bonds is 4. The van der Waals surface area contributed by atoms with Gasteiger partial charge in [0, 0.05) is 22.9 Å². The summed E-state index contributed by atoms with van der Waals surface area (Å²) >= 11 is 8.97. The van der Waals surface area contributed by atoms with Crippen LogP contribution in [0.4, 0.5) is 0 Å². The zero-order valence-electron chi connectivity index (χ0n) is 15.3. The Balaban J connectivity index is 1.90. The van der Waals surface area contributed by atoms with E-state index in [2.05, 4.69) is 11.6 Å². The standard InChI is InChI=1S/C20H15ClN2O3S3/c1-3-10-23-14-9-8-12(29(2,25)26)11-16(14)28-20(23)22-19(24)18-17(21)13-6-4-5-7-15(13)27-18/h3-9,11H,1,10H2,2H3. The van der Waals surface area contributed by atoms with Crippen LogP contribution in [0.25, 0.3) is 20.3 Å². The first kappa shape index (κ1) is 20.0. The predicted molar refractivity (Wildman–Crippen MR) is 120 cm³/mol. The number of benzene rings is 2. The highest BCUT2D eigenvalue weighted by atomic mass is 35.5. The molecule has 29 heavy (non-hydrogen) atoms. The third kappa shape index (κ3) is 3.69. The smallest absolute Gasteiger partial charge is 0.291 e. The Kier molecular flexibility index (Phi) is 5.20. The highest BCUT2D eigenvalue weighted by Gasteiger charge is 2.18. The molecule has 2 aromatic carbocycles. The third-order valence-corrected chi connectivity index (χ3v) is 8.14. The van der Waals surface area contributed by atoms with Crippen molar-refractivity contribution in [2.24, 2.45) is 4.99 Å². The van der Waals surface area contributed by atoms with Gasteiger partial charge in [-0.2, -0.15) is 4.99 Å². The Morgan fingerprint density at radius 3 is 2.66 bits per heavy atom. The lowest BCUT2D eigenvalue weighted by atomic mass is 10.2. The molecule has 4 rings (SSSR count). The number of halogens is 1. The van der Waals surface area contributed by atoms with E-state index < -0.39 is 15.7 Å². The van der Waals surface area contributed by atoms with E-state index in [1.807, 2.05) is 28.8 Å². The summed E-state index contributed by atoms with van der Waals surface area (Å²) in [5.41, 5.74) is 0.788. The van der Waals surface area contributed by atoms with Gasteiger partial charge in [0.1, 0.15) is 4.88 Å². The zero-order valence-corrected chi connectivity index (χ0v) is 18.5. The number of hydrogen-bond acceptors (Lipinski definition) is 5. The molecule has 0 aliphatic carbocycles. The summed E-state index contributed by atoms with van der Waals surface area (Å²) in [5, 5.41) is 1.22. The molecule has 148 valence electrons. The van der Waals surface area contributed by atoms with E-state index in [9.17, 15) is 13.2 Å². The molecule has 0 aliphatic rings. The van der Waals surface area contributed by atoms with Crippen molar-refractivity contribution in [1.29, 1.82) is 0 Å². The molecule has 0 bridgehead atoms. The van der Waals surface area contributed by atoms with Gasteiger partial charge in [-0.3, -0.25) is 4.79 Å². The van der Waals surface area contributed by atoms with E-state index in [0.29, 0.717) is 21.2 Å². The molecule has 0 N–H and O–H groups in total. The number of allylic oxidation sites excluding steroid dienone is 1. The van der Waals surface area contributed by atoms with Gasteiger partial charge in [-0.05, 0) is 24.3 Å². The van der Waals surface area contributed by atoms with Crippen molar-refractivity contribution in [3.8, 4) is 0 Å². The number of thiazole rings is 1. The van der Waals surface area contributed by atoms with Crippen molar-refractivity contribution in [1.82, 2.24) is 4.57 Å². The monoisotopic (exact) mass is 462 g/mol. The first-order valence-electron chi connectivity index (χ1n) is 8.50. The van der Waals surface area contributed by atoms with Crippen molar-refractivity contribution in [2.75, 3.05) is 6.26 Å². The number of carbonyl (C=O) groups is 1. The SMILES string of the molecule is C=CCn1c(=NC(=O)c2sc3ccccc3c2Cl)sc2cc(S(C)(=O)=O)ccc21. The average molecular weight is 463 g/mol. The van der Waals surface area contributed by atoms with Gasteiger partial charge in [0.05, 0.1) is 20.1 Å². The van der Waals surface area contributed by atoms with Gasteiger partial charge in [-0.15, -0.1) is 17.9 Å². The lowest BCUT2D eigenvalue weighted by Gasteiger charge is -2.02. The number of carbonyl (C=O) groups excluding carboxylic acids is 1. The molecule has 0 saturated carbocycles. The predicted octanol–water partition coefficient (Wildman–Crippen LogP) is 4.90. The van der Waals surface area contributed by atoms with E-state index in [0.717, 1.165) is 26.6 Å². The summed E-state index contributed by atoms with van der Waals surface area (Å²) in [6, 6.07) is 12.4. The molecule has 0 unspecified atom stereocenters. The Labute approximate surface area is 180 Å². The maximum atomic E-state index is 12.9. The Hall–Kier alpha value is -2.26. The van der Waals surface area contributed by atoms with Gasteiger partial charge < -0.3 is 4.57 Å². The van der Waals surface area contributed by atoms with Crippen molar-refractivity contribution in [3.63, 3.8) is 0 Å². The van der Waals surface area contributed by atoms with Crippen molar-refractivity contribution in [2.45, 2.75) is 11.4 Å². The van der Waals surface area contributed by atoms with Crippen LogP contribution in [-0.2, 0) is 16.4 Å². The van der Waals surface area contributed by atoms with Gasteiger partial charge in [0.25, 0.3) is 5.91 Å². The maximum absolute atomic E-state index is 12.9. The molecule has 0 fully saturated rings. The van der Waals surface area contributed by atoms with Gasteiger partial charge in [-0.1, -0.05) is 47.2 Å². The first-order valence-corrected chi connectivity index (χ1v) is 12.4. The van der Waals surface area contributed by atoms with Crippen LogP contribution in [0.15, 0.2) is 65.0 Å². The largest absolute Gasteiger partial charge is 0.312 e. The highest BCUT2D eigenvalue weighted by Crippen LogP contribution is 2.35. The lowest BCUT2D eigenvalue weighted by Crippen LogP contribution is -2.16. The molecular weight excluding hydrogens is 448 g/mol. The van der Waals surface area contributed by atoms with Crippen LogP contribution in [0.5, 0.6) is 0 Å². The van der Waals surface area contributed by atoms with E-state index >= 15 is 0 Å². The fourth-order valence-electron chi connectivity index (χ4n) is 2.96. The zero-order chi connectivity index (χ0) is 20.8. The normalized spacial score (nSPS) is 12.7. The molecule has 9 heteroatoms. The summed E-state index contributed by atoms with van der Waals surface area (Å²) in [6.07, 6.45) is 2.87. The molecule has 0 spiro atoms. The molecule has 2 aromatic heterocycles. The number of hydrogen-bond donors (Lipinski definition) is 0. The van der Waals surface area contributed by atoms with E-state index in [4.69, 9.17) is 11.6 Å². The Morgan fingerprint density at radius 1 is 1.21 bits per heavy atom. The second-order valence-electron chi connectivity index (χ2n) is 6.34. The molecule has 0 aliphatic heterocycles. The Bertz CT molecular complexity index is 1460. The molecule has 0 saturated heterocycles. The van der Waals surface area contributed by atoms with Crippen LogP contribution < -0.4 is 4.80 Å². The van der Waals surface area contributed by atoms with Gasteiger partial charge in [0.15, 0.2) is 14.6 Å². The van der Waals surface area contributed by atoms with Crippen LogP contribution in [0.2, 0.25) is 5.02 Å². The maximum Gasteiger partial charge on any atom is 0.291 e. The lowest BCUT2D eigenvalue weighted by molar-refractivity contribution is 0.100. The highest BCUT2D eigenvalue weighted by molar-refractivity contribution is 7.90. The molecule has 4 aromatic rings. The van der Waals surface area contributed by atoms with Crippen LogP contribution >= 0.6 is 34.3 Å². The number of fused-ring (bicyclic) bond motifs is 2. The average Bonchev–Trinajstić information content (AvgIpc) is 3.19.